The highest BCUT2D eigenvalue weighted by Crippen LogP contribution is 2.33. The maximum atomic E-state index is 12.6. The Hall–Kier alpha value is -1.72. The summed E-state index contributed by atoms with van der Waals surface area (Å²) in [7, 11) is 2.61. The molecule has 0 fully saturated rings. The molecule has 16 heavy (non-hydrogen) atoms. The number of hydrogen-bond donors (Lipinski definition) is 0. The molecule has 1 heterocycles. The zero-order valence-electron chi connectivity index (χ0n) is 8.71. The summed E-state index contributed by atoms with van der Waals surface area (Å²) in [5.41, 5.74) is -0.886. The monoisotopic (exact) mass is 233 g/mol. The zero-order valence-corrected chi connectivity index (χ0v) is 8.71. The molecule has 3 nitrogen and oxygen atoms in total. The van der Waals surface area contributed by atoms with Crippen LogP contribution in [0.1, 0.15) is 11.1 Å². The Bertz CT molecular complexity index is 388. The molecule has 1 rings (SSSR count). The van der Waals surface area contributed by atoms with Crippen LogP contribution in [-0.2, 0) is 10.9 Å². The van der Waals surface area contributed by atoms with Crippen LogP contribution in [0.2, 0.25) is 0 Å². The van der Waals surface area contributed by atoms with Gasteiger partial charge >= 0.3 is 6.18 Å². The van der Waals surface area contributed by atoms with Crippen LogP contribution in [0, 0.1) is 0 Å². The molecule has 0 amide bonds. The summed E-state index contributed by atoms with van der Waals surface area (Å²) < 4.78 is 47.1. The number of rotatable bonds is 3. The van der Waals surface area contributed by atoms with Gasteiger partial charge in [-0.15, -0.1) is 0 Å². The molecule has 0 aromatic carbocycles. The van der Waals surface area contributed by atoms with E-state index in [-0.39, 0.29) is 11.4 Å². The van der Waals surface area contributed by atoms with E-state index >= 15 is 0 Å². The maximum Gasteiger partial charge on any atom is 0.417 e. The molecule has 0 aliphatic heterocycles. The van der Waals surface area contributed by atoms with E-state index in [1.165, 1.54) is 20.3 Å². The highest BCUT2D eigenvalue weighted by Gasteiger charge is 2.33. The van der Waals surface area contributed by atoms with Gasteiger partial charge in [0.2, 0.25) is 5.88 Å². The lowest BCUT2D eigenvalue weighted by Crippen LogP contribution is -2.08. The second-order valence-corrected chi connectivity index (χ2v) is 2.85. The molecule has 1 aromatic rings. The molecule has 0 saturated carbocycles. The third-order valence-electron chi connectivity index (χ3n) is 1.81. The minimum Gasteiger partial charge on any atom is -0.504 e. The smallest absolute Gasteiger partial charge is 0.417 e. The molecule has 0 N–H and O–H groups in total. The Balaban J connectivity index is 3.22. The topological polar surface area (TPSA) is 31.4 Å². The third-order valence-corrected chi connectivity index (χ3v) is 1.81. The molecule has 6 heteroatoms. The standard InChI is InChI=1S/C10H10F3NO2/c1-15-4-3-7-6-14-9(16-2)5-8(7)10(11,12)13/h3-6H,1-2H3. The average molecular weight is 233 g/mol. The largest absolute Gasteiger partial charge is 0.504 e. The van der Waals surface area contributed by atoms with Crippen molar-refractivity contribution in [2.24, 2.45) is 0 Å². The van der Waals surface area contributed by atoms with E-state index in [2.05, 4.69) is 14.5 Å². The van der Waals surface area contributed by atoms with Crippen molar-refractivity contribution >= 4 is 6.08 Å². The minimum absolute atomic E-state index is 0.0739. The van der Waals surface area contributed by atoms with Gasteiger partial charge in [0.1, 0.15) is 0 Å². The van der Waals surface area contributed by atoms with E-state index in [0.717, 1.165) is 18.5 Å². The van der Waals surface area contributed by atoms with Gasteiger partial charge in [-0.25, -0.2) is 4.98 Å². The van der Waals surface area contributed by atoms with Crippen LogP contribution >= 0.6 is 0 Å². The average Bonchev–Trinajstić information content (AvgIpc) is 2.25. The number of alkyl halides is 3. The molecule has 0 aliphatic rings. The number of aromatic nitrogens is 1. The maximum absolute atomic E-state index is 12.6. The lowest BCUT2D eigenvalue weighted by Gasteiger charge is -2.10. The van der Waals surface area contributed by atoms with Crippen molar-refractivity contribution in [2.45, 2.75) is 6.18 Å². The molecule has 1 aromatic heterocycles. The van der Waals surface area contributed by atoms with Crippen molar-refractivity contribution in [1.29, 1.82) is 0 Å². The molecule has 0 atom stereocenters. The second-order valence-electron chi connectivity index (χ2n) is 2.85. The summed E-state index contributed by atoms with van der Waals surface area (Å²) in [6.07, 6.45) is -1.03. The van der Waals surface area contributed by atoms with Gasteiger partial charge in [-0.2, -0.15) is 13.2 Å². The number of ether oxygens (including phenoxy) is 2. The number of methoxy groups -OCH3 is 2. The number of halogens is 3. The van der Waals surface area contributed by atoms with Crippen LogP contribution in [-0.4, -0.2) is 19.2 Å². The van der Waals surface area contributed by atoms with Gasteiger partial charge in [-0.3, -0.25) is 0 Å². The summed E-state index contributed by atoms with van der Waals surface area (Å²) in [5.74, 6) is -0.0816. The molecule has 0 unspecified atom stereocenters. The Kier molecular flexibility index (Phi) is 3.76. The van der Waals surface area contributed by atoms with E-state index in [9.17, 15) is 13.2 Å². The molecular weight excluding hydrogens is 223 g/mol. The van der Waals surface area contributed by atoms with Crippen LogP contribution in [0.4, 0.5) is 13.2 Å². The van der Waals surface area contributed by atoms with Gasteiger partial charge < -0.3 is 9.47 Å². The fourth-order valence-electron chi connectivity index (χ4n) is 1.08. The van der Waals surface area contributed by atoms with Gasteiger partial charge in [0.05, 0.1) is 26.0 Å². The second kappa shape index (κ2) is 4.87. The molecule has 0 saturated heterocycles. The summed E-state index contributed by atoms with van der Waals surface area (Å²) in [6, 6.07) is 0.843. The predicted octanol–water partition coefficient (Wildman–Crippen LogP) is 2.73. The zero-order chi connectivity index (χ0) is 12.2. The Morgan fingerprint density at radius 3 is 2.50 bits per heavy atom. The van der Waals surface area contributed by atoms with Crippen LogP contribution in [0.15, 0.2) is 18.5 Å². The predicted molar refractivity (Wildman–Crippen MR) is 51.8 cm³/mol. The molecule has 0 radical (unpaired) electrons. The summed E-state index contributed by atoms with van der Waals surface area (Å²) in [6.45, 7) is 0. The molecule has 0 bridgehead atoms. The highest BCUT2D eigenvalue weighted by atomic mass is 19.4. The molecule has 0 spiro atoms. The van der Waals surface area contributed by atoms with Crippen molar-refractivity contribution in [3.8, 4) is 5.88 Å². The fourth-order valence-corrected chi connectivity index (χ4v) is 1.08. The van der Waals surface area contributed by atoms with E-state index in [0.29, 0.717) is 0 Å². The first-order valence-electron chi connectivity index (χ1n) is 4.29. The molecule has 88 valence electrons. The van der Waals surface area contributed by atoms with Crippen LogP contribution in [0.3, 0.4) is 0 Å². The van der Waals surface area contributed by atoms with Crippen LogP contribution in [0.5, 0.6) is 5.88 Å². The van der Waals surface area contributed by atoms with Gasteiger partial charge in [0.25, 0.3) is 0 Å². The number of hydrogen-bond acceptors (Lipinski definition) is 3. The number of nitrogens with zero attached hydrogens (tertiary/aromatic N) is 1. The molecular formula is C10H10F3NO2. The van der Waals surface area contributed by atoms with Gasteiger partial charge in [-0.05, 0) is 6.08 Å². The van der Waals surface area contributed by atoms with Crippen LogP contribution in [0.25, 0.3) is 6.08 Å². The van der Waals surface area contributed by atoms with E-state index < -0.39 is 11.7 Å². The molecule has 0 aliphatic carbocycles. The van der Waals surface area contributed by atoms with Gasteiger partial charge in [-0.1, -0.05) is 0 Å². The summed E-state index contributed by atoms with van der Waals surface area (Å²) in [4.78, 5) is 3.70. The first kappa shape index (κ1) is 12.4. The van der Waals surface area contributed by atoms with E-state index in [1.807, 2.05) is 0 Å². The summed E-state index contributed by atoms with van der Waals surface area (Å²) in [5, 5.41) is 0. The lowest BCUT2D eigenvalue weighted by atomic mass is 10.1. The summed E-state index contributed by atoms with van der Waals surface area (Å²) >= 11 is 0. The first-order valence-corrected chi connectivity index (χ1v) is 4.29. The quantitative estimate of drug-likeness (QED) is 0.752. The van der Waals surface area contributed by atoms with Crippen molar-refractivity contribution in [1.82, 2.24) is 4.98 Å². The van der Waals surface area contributed by atoms with Crippen molar-refractivity contribution in [3.63, 3.8) is 0 Å². The Morgan fingerprint density at radius 1 is 1.31 bits per heavy atom. The highest BCUT2D eigenvalue weighted by molar-refractivity contribution is 5.53. The van der Waals surface area contributed by atoms with Gasteiger partial charge in [0.15, 0.2) is 0 Å². The van der Waals surface area contributed by atoms with Crippen molar-refractivity contribution in [3.05, 3.63) is 29.7 Å². The number of pyridine rings is 1. The van der Waals surface area contributed by atoms with E-state index in [4.69, 9.17) is 0 Å². The van der Waals surface area contributed by atoms with Crippen molar-refractivity contribution < 1.29 is 22.6 Å². The minimum atomic E-state index is -4.45. The van der Waals surface area contributed by atoms with Crippen molar-refractivity contribution in [2.75, 3.05) is 14.2 Å². The van der Waals surface area contributed by atoms with E-state index in [1.54, 1.807) is 0 Å². The Labute approximate surface area is 90.5 Å². The van der Waals surface area contributed by atoms with Gasteiger partial charge in [0, 0.05) is 17.8 Å². The SMILES string of the molecule is COC=Cc1cnc(OC)cc1C(F)(F)F. The fraction of sp³-hybridized carbons (Fsp3) is 0.300. The first-order chi connectivity index (χ1) is 7.49. The Morgan fingerprint density at radius 2 is 2.00 bits per heavy atom. The van der Waals surface area contributed by atoms with Crippen LogP contribution < -0.4 is 4.74 Å². The normalized spacial score (nSPS) is 11.8. The lowest BCUT2D eigenvalue weighted by molar-refractivity contribution is -0.137. The third kappa shape index (κ3) is 2.88.